The number of aliphatic imine (C=N–C) groups is 1. The van der Waals surface area contributed by atoms with Crippen molar-refractivity contribution in [2.75, 3.05) is 33.7 Å². The molecule has 1 unspecified atom stereocenters. The van der Waals surface area contributed by atoms with Gasteiger partial charge in [-0.3, -0.25) is 19.5 Å². The third-order valence-corrected chi connectivity index (χ3v) is 7.11. The van der Waals surface area contributed by atoms with E-state index in [1.165, 1.54) is 13.1 Å². The van der Waals surface area contributed by atoms with Gasteiger partial charge in [0.25, 0.3) is 0 Å². The van der Waals surface area contributed by atoms with E-state index in [0.717, 1.165) is 36.7 Å². The van der Waals surface area contributed by atoms with Gasteiger partial charge < -0.3 is 4.90 Å². The maximum Gasteiger partial charge on any atom is 0.168 e. The Morgan fingerprint density at radius 1 is 1.00 bits per heavy atom. The topological polar surface area (TPSA) is 52.8 Å². The minimum absolute atomic E-state index is 0.299. The fourth-order valence-corrected chi connectivity index (χ4v) is 4.15. The van der Waals surface area contributed by atoms with Crippen molar-refractivity contribution >= 4 is 41.5 Å². The lowest BCUT2D eigenvalue weighted by atomic mass is 9.94. The molecular weight excluding hydrogens is 529 g/mol. The molecule has 5 nitrogen and oxygen atoms in total. The van der Waals surface area contributed by atoms with E-state index in [0.29, 0.717) is 34.2 Å². The van der Waals surface area contributed by atoms with Crippen LogP contribution in [0.25, 0.3) is 0 Å². The highest BCUT2D eigenvalue weighted by atomic mass is 35.5. The Bertz CT molecular complexity index is 1170. The molecule has 1 saturated heterocycles. The molecule has 0 N–H and O–H groups in total. The van der Waals surface area contributed by atoms with Gasteiger partial charge >= 0.3 is 0 Å². The van der Waals surface area contributed by atoms with Gasteiger partial charge in [0, 0.05) is 41.7 Å². The third kappa shape index (κ3) is 11.8. The fraction of sp³-hybridized carbons (Fsp3) is 0.344. The molecule has 1 atom stereocenters. The highest BCUT2D eigenvalue weighted by Gasteiger charge is 2.33. The minimum atomic E-state index is -0.637. The van der Waals surface area contributed by atoms with E-state index >= 15 is 0 Å². The molecule has 1 aliphatic rings. The number of halogens is 2. The Labute approximate surface area is 243 Å². The van der Waals surface area contributed by atoms with E-state index in [1.54, 1.807) is 24.3 Å². The molecule has 0 radical (unpaired) electrons. The van der Waals surface area contributed by atoms with Gasteiger partial charge in [-0.25, -0.2) is 0 Å². The number of carbonyl (C=O) groups is 2. The van der Waals surface area contributed by atoms with Gasteiger partial charge in [-0.1, -0.05) is 90.8 Å². The molecule has 1 fully saturated rings. The Kier molecular flexibility index (Phi) is 14.1. The van der Waals surface area contributed by atoms with E-state index in [9.17, 15) is 9.59 Å². The first-order chi connectivity index (χ1) is 18.7. The number of allylic oxidation sites excluding steroid dienone is 6. The monoisotopic (exact) mass is 567 g/mol. The van der Waals surface area contributed by atoms with Crippen molar-refractivity contribution in [1.82, 2.24) is 9.80 Å². The van der Waals surface area contributed by atoms with Crippen molar-refractivity contribution in [2.24, 2.45) is 4.99 Å². The zero-order chi connectivity index (χ0) is 28.7. The molecule has 1 heterocycles. The molecule has 0 spiro atoms. The summed E-state index contributed by atoms with van der Waals surface area (Å²) >= 11 is 12.3. The summed E-state index contributed by atoms with van der Waals surface area (Å²) in [4.78, 5) is 32.3. The second-order valence-corrected chi connectivity index (χ2v) is 10.4. The Morgan fingerprint density at radius 3 is 2.15 bits per heavy atom. The first kappa shape index (κ1) is 32.4. The number of aldehydes is 2. The molecule has 1 aliphatic heterocycles. The second-order valence-electron chi connectivity index (χ2n) is 9.52. The molecule has 208 valence electrons. The number of rotatable bonds is 13. The van der Waals surface area contributed by atoms with Crippen LogP contribution in [-0.2, 0) is 17.6 Å². The Hall–Kier alpha value is -2.83. The first-order valence-corrected chi connectivity index (χ1v) is 13.9. The normalized spacial score (nSPS) is 16.0. The van der Waals surface area contributed by atoms with Crippen LogP contribution in [0, 0.1) is 0 Å². The quantitative estimate of drug-likeness (QED) is 0.117. The molecule has 0 aromatic heterocycles. The average molecular weight is 569 g/mol. The maximum absolute atomic E-state index is 12.0. The number of likely N-dealkylation sites (N-methyl/N-ethyl adjacent to an activating group) is 2. The smallest absolute Gasteiger partial charge is 0.168 e. The van der Waals surface area contributed by atoms with Crippen LogP contribution in [0.2, 0.25) is 0 Å². The van der Waals surface area contributed by atoms with E-state index in [2.05, 4.69) is 35.9 Å². The summed E-state index contributed by atoms with van der Waals surface area (Å²) < 4.78 is 0. The minimum Gasteiger partial charge on any atom is -0.304 e. The molecule has 3 rings (SSSR count). The van der Waals surface area contributed by atoms with Gasteiger partial charge in [0.1, 0.15) is 11.9 Å². The van der Waals surface area contributed by atoms with Crippen LogP contribution in [0.5, 0.6) is 0 Å². The number of carbonyl (C=O) groups excluding carboxylic acids is 2. The van der Waals surface area contributed by atoms with Crippen molar-refractivity contribution in [1.29, 1.82) is 0 Å². The lowest BCUT2D eigenvalue weighted by Gasteiger charge is -2.39. The number of benzene rings is 2. The molecule has 2 aromatic carbocycles. The SMILES string of the molecule is CN1CC1.C\C=C(Cl)/C=C(Cl)\C=C\C(C=O)=N\C(CC)(Cc1ccccc1)N(C)CCc1ccc(C=O)cc1. The zero-order valence-corrected chi connectivity index (χ0v) is 24.8. The summed E-state index contributed by atoms with van der Waals surface area (Å²) in [5, 5.41) is 0.914. The largest absolute Gasteiger partial charge is 0.304 e. The van der Waals surface area contributed by atoms with E-state index < -0.39 is 5.66 Å². The predicted molar refractivity (Wildman–Crippen MR) is 165 cm³/mol. The lowest BCUT2D eigenvalue weighted by Crippen LogP contribution is -2.48. The molecule has 39 heavy (non-hydrogen) atoms. The van der Waals surface area contributed by atoms with Crippen LogP contribution >= 0.6 is 23.2 Å². The van der Waals surface area contributed by atoms with Crippen molar-refractivity contribution in [3.8, 4) is 0 Å². The first-order valence-electron chi connectivity index (χ1n) is 13.1. The van der Waals surface area contributed by atoms with Crippen LogP contribution < -0.4 is 0 Å². The average Bonchev–Trinajstić information content (AvgIpc) is 3.76. The highest BCUT2D eigenvalue weighted by molar-refractivity contribution is 6.37. The molecule has 0 aliphatic carbocycles. The molecular formula is C32H39Cl2N3O2. The summed E-state index contributed by atoms with van der Waals surface area (Å²) in [6.45, 7) is 7.25. The maximum atomic E-state index is 12.0. The molecule has 0 amide bonds. The van der Waals surface area contributed by atoms with E-state index in [1.807, 2.05) is 56.4 Å². The van der Waals surface area contributed by atoms with Crippen molar-refractivity contribution in [3.63, 3.8) is 0 Å². The Morgan fingerprint density at radius 2 is 1.64 bits per heavy atom. The van der Waals surface area contributed by atoms with Crippen LogP contribution in [0.3, 0.4) is 0 Å². The molecule has 2 aromatic rings. The number of nitrogens with zero attached hydrogens (tertiary/aromatic N) is 3. The second kappa shape index (κ2) is 17.0. The molecule has 0 bridgehead atoms. The van der Waals surface area contributed by atoms with Crippen LogP contribution in [0.4, 0.5) is 0 Å². The predicted octanol–water partition coefficient (Wildman–Crippen LogP) is 6.72. The van der Waals surface area contributed by atoms with E-state index in [-0.39, 0.29) is 0 Å². The summed E-state index contributed by atoms with van der Waals surface area (Å²) in [5.41, 5.74) is 2.58. The molecule has 0 saturated carbocycles. The number of hydrogen-bond acceptors (Lipinski definition) is 5. The van der Waals surface area contributed by atoms with Crippen LogP contribution in [0.15, 0.2) is 94.0 Å². The Balaban J connectivity index is 0.00000122. The summed E-state index contributed by atoms with van der Waals surface area (Å²) in [6.07, 6.45) is 10.3. The van der Waals surface area contributed by atoms with Gasteiger partial charge in [0.05, 0.1) is 5.71 Å². The van der Waals surface area contributed by atoms with E-state index in [4.69, 9.17) is 28.2 Å². The summed E-state index contributed by atoms with van der Waals surface area (Å²) in [6, 6.07) is 17.7. The van der Waals surface area contributed by atoms with Crippen molar-refractivity contribution < 1.29 is 9.59 Å². The van der Waals surface area contributed by atoms with Gasteiger partial charge in [-0.2, -0.15) is 0 Å². The lowest BCUT2D eigenvalue weighted by molar-refractivity contribution is -0.102. The van der Waals surface area contributed by atoms with Crippen molar-refractivity contribution in [3.05, 3.63) is 106 Å². The third-order valence-electron chi connectivity index (χ3n) is 6.55. The van der Waals surface area contributed by atoms with Gasteiger partial charge in [-0.15, -0.1) is 0 Å². The van der Waals surface area contributed by atoms with Crippen molar-refractivity contribution in [2.45, 2.75) is 38.8 Å². The van der Waals surface area contributed by atoms with Gasteiger partial charge in [-0.05, 0) is 63.2 Å². The van der Waals surface area contributed by atoms with Gasteiger partial charge in [0.2, 0.25) is 0 Å². The summed E-state index contributed by atoms with van der Waals surface area (Å²) in [5.74, 6) is 0. The van der Waals surface area contributed by atoms with Crippen LogP contribution in [0.1, 0.15) is 41.8 Å². The standard InChI is InChI=1S/C29H32Cl2N2O2.C3H7N/c1-4-26(30)19-27(31)15-16-28(22-35)32-29(5-2,20-24-9-7-6-8-10-24)33(3)18-17-23-11-13-25(21-34)14-12-23;1-4-2-3-4/h4,6-16,19,21-22H,5,17-18,20H2,1-3H3;2-3H2,1H3/b16-15+,26-4+,27-19+,32-28-;. The summed E-state index contributed by atoms with van der Waals surface area (Å²) in [7, 11) is 4.14. The zero-order valence-electron chi connectivity index (χ0n) is 23.3. The molecule has 7 heteroatoms. The van der Waals surface area contributed by atoms with Gasteiger partial charge in [0.15, 0.2) is 6.29 Å². The number of hydrogen-bond donors (Lipinski definition) is 0. The fourth-order valence-electron chi connectivity index (χ4n) is 3.80. The highest BCUT2D eigenvalue weighted by Crippen LogP contribution is 2.27. The van der Waals surface area contributed by atoms with Crippen LogP contribution in [-0.4, -0.2) is 67.5 Å².